The molecule has 0 unspecified atom stereocenters. The maximum absolute atomic E-state index is 13.0. The molecule has 1 aliphatic rings. The number of hydrogen-bond donors (Lipinski definition) is 0. The first-order chi connectivity index (χ1) is 13.1. The Kier molecular flexibility index (Phi) is 4.94. The molecule has 1 aromatic carbocycles. The lowest BCUT2D eigenvalue weighted by Gasteiger charge is -2.41. The summed E-state index contributed by atoms with van der Waals surface area (Å²) < 4.78 is 0. The van der Waals surface area contributed by atoms with Crippen molar-refractivity contribution in [3.8, 4) is 11.3 Å². The highest BCUT2D eigenvalue weighted by Gasteiger charge is 2.27. The lowest BCUT2D eigenvalue weighted by atomic mass is 10.1. The number of anilines is 1. The zero-order chi connectivity index (χ0) is 18.8. The third-order valence-corrected chi connectivity index (χ3v) is 5.76. The van der Waals surface area contributed by atoms with Gasteiger partial charge in [0.05, 0.1) is 5.69 Å². The van der Waals surface area contributed by atoms with E-state index < -0.39 is 0 Å². The molecule has 1 atom stereocenters. The van der Waals surface area contributed by atoms with Crippen molar-refractivity contribution in [3.05, 3.63) is 70.5 Å². The maximum atomic E-state index is 13.0. The zero-order valence-corrected chi connectivity index (χ0v) is 16.4. The Morgan fingerprint density at radius 1 is 1.19 bits per heavy atom. The summed E-state index contributed by atoms with van der Waals surface area (Å²) in [6.45, 7) is 6.60. The summed E-state index contributed by atoms with van der Waals surface area (Å²) in [6, 6.07) is 14.6. The Hall–Kier alpha value is -2.66. The zero-order valence-electron chi connectivity index (χ0n) is 15.6. The van der Waals surface area contributed by atoms with E-state index in [1.54, 1.807) is 17.5 Å². The topological polar surface area (TPSA) is 36.4 Å². The van der Waals surface area contributed by atoms with Crippen molar-refractivity contribution in [1.29, 1.82) is 0 Å². The van der Waals surface area contributed by atoms with Gasteiger partial charge in [-0.3, -0.25) is 9.78 Å². The van der Waals surface area contributed by atoms with Crippen molar-refractivity contribution in [3.63, 3.8) is 0 Å². The third kappa shape index (κ3) is 3.74. The fourth-order valence-electron chi connectivity index (χ4n) is 3.65. The second kappa shape index (κ2) is 7.53. The molecule has 0 aliphatic carbocycles. The molecule has 4 rings (SSSR count). The van der Waals surface area contributed by atoms with Crippen LogP contribution in [0.25, 0.3) is 11.3 Å². The summed E-state index contributed by atoms with van der Waals surface area (Å²) in [6.07, 6.45) is 1.73. The molecule has 1 amide bonds. The van der Waals surface area contributed by atoms with Crippen molar-refractivity contribution >= 4 is 22.9 Å². The number of benzene rings is 1. The van der Waals surface area contributed by atoms with E-state index in [9.17, 15) is 4.79 Å². The van der Waals surface area contributed by atoms with E-state index in [0.29, 0.717) is 5.56 Å². The predicted octanol–water partition coefficient (Wildman–Crippen LogP) is 4.47. The molecule has 0 saturated carbocycles. The van der Waals surface area contributed by atoms with Crippen LogP contribution in [0.4, 0.5) is 5.69 Å². The van der Waals surface area contributed by atoms with Crippen LogP contribution in [-0.4, -0.2) is 41.5 Å². The first-order valence-corrected chi connectivity index (χ1v) is 10.2. The Morgan fingerprint density at radius 2 is 2.07 bits per heavy atom. The number of carbonyl (C=O) groups is 1. The van der Waals surface area contributed by atoms with Crippen LogP contribution in [0.15, 0.2) is 59.4 Å². The second-order valence-corrected chi connectivity index (χ2v) is 7.85. The Balaban J connectivity index is 1.49. The number of thiophene rings is 1. The number of pyridine rings is 1. The van der Waals surface area contributed by atoms with E-state index in [1.807, 2.05) is 28.5 Å². The van der Waals surface area contributed by atoms with Gasteiger partial charge in [0.2, 0.25) is 0 Å². The number of carbonyl (C=O) groups excluding carboxylic acids is 1. The van der Waals surface area contributed by atoms with Gasteiger partial charge in [0.25, 0.3) is 5.91 Å². The third-order valence-electron chi connectivity index (χ3n) is 5.07. The van der Waals surface area contributed by atoms with Crippen LogP contribution < -0.4 is 4.90 Å². The molecule has 1 fully saturated rings. The minimum Gasteiger partial charge on any atom is -0.365 e. The number of hydrogen-bond acceptors (Lipinski definition) is 4. The van der Waals surface area contributed by atoms with E-state index >= 15 is 0 Å². The predicted molar refractivity (Wildman–Crippen MR) is 111 cm³/mol. The molecule has 138 valence electrons. The number of aryl methyl sites for hydroxylation is 1. The Morgan fingerprint density at radius 3 is 2.81 bits per heavy atom. The summed E-state index contributed by atoms with van der Waals surface area (Å²) in [7, 11) is 0. The standard InChI is InChI=1S/C22H23N3OS/c1-16-4-3-5-20(12-16)25-10-9-24(14-17(25)2)22(26)18-6-8-23-21(13-18)19-7-11-27-15-19/h3-8,11-13,15,17H,9-10,14H2,1-2H3/t17-/m1/s1. The molecule has 0 radical (unpaired) electrons. The van der Waals surface area contributed by atoms with Crippen LogP contribution in [0.1, 0.15) is 22.8 Å². The Bertz CT molecular complexity index is 938. The van der Waals surface area contributed by atoms with Crippen molar-refractivity contribution in [2.75, 3.05) is 24.5 Å². The van der Waals surface area contributed by atoms with Gasteiger partial charge in [0.1, 0.15) is 0 Å². The molecule has 27 heavy (non-hydrogen) atoms. The number of rotatable bonds is 3. The van der Waals surface area contributed by atoms with Crippen molar-refractivity contribution in [2.24, 2.45) is 0 Å². The lowest BCUT2D eigenvalue weighted by molar-refractivity contribution is 0.0726. The van der Waals surface area contributed by atoms with Gasteiger partial charge in [0.15, 0.2) is 0 Å². The van der Waals surface area contributed by atoms with Crippen LogP contribution in [0.5, 0.6) is 0 Å². The minimum atomic E-state index is 0.0876. The molecular weight excluding hydrogens is 354 g/mol. The van der Waals surface area contributed by atoms with E-state index in [2.05, 4.69) is 53.4 Å². The van der Waals surface area contributed by atoms with Gasteiger partial charge in [-0.2, -0.15) is 11.3 Å². The molecule has 5 heteroatoms. The SMILES string of the molecule is Cc1cccc(N2CCN(C(=O)c3ccnc(-c4ccsc4)c3)C[C@H]2C)c1. The smallest absolute Gasteiger partial charge is 0.254 e. The summed E-state index contributed by atoms with van der Waals surface area (Å²) in [5.74, 6) is 0.0876. The molecule has 1 saturated heterocycles. The van der Waals surface area contributed by atoms with Crippen molar-refractivity contribution in [1.82, 2.24) is 9.88 Å². The Labute approximate surface area is 164 Å². The number of aromatic nitrogens is 1. The summed E-state index contributed by atoms with van der Waals surface area (Å²) >= 11 is 1.64. The monoisotopic (exact) mass is 377 g/mol. The van der Waals surface area contributed by atoms with Crippen molar-refractivity contribution < 1.29 is 4.79 Å². The van der Waals surface area contributed by atoms with Gasteiger partial charge in [-0.1, -0.05) is 12.1 Å². The minimum absolute atomic E-state index is 0.0876. The normalized spacial score (nSPS) is 17.2. The lowest BCUT2D eigenvalue weighted by Crippen LogP contribution is -2.53. The second-order valence-electron chi connectivity index (χ2n) is 7.07. The molecule has 3 heterocycles. The molecule has 2 aromatic heterocycles. The van der Waals surface area contributed by atoms with E-state index in [1.165, 1.54) is 11.3 Å². The first kappa shape index (κ1) is 17.7. The van der Waals surface area contributed by atoms with Gasteiger partial charge in [0, 0.05) is 54.1 Å². The highest BCUT2D eigenvalue weighted by molar-refractivity contribution is 7.08. The van der Waals surface area contributed by atoms with Crippen LogP contribution in [0.2, 0.25) is 0 Å². The molecule has 4 nitrogen and oxygen atoms in total. The fraction of sp³-hybridized carbons (Fsp3) is 0.273. The average Bonchev–Trinajstić information content (AvgIpc) is 3.22. The van der Waals surface area contributed by atoms with Gasteiger partial charge in [-0.15, -0.1) is 0 Å². The average molecular weight is 378 g/mol. The highest BCUT2D eigenvalue weighted by atomic mass is 32.1. The summed E-state index contributed by atoms with van der Waals surface area (Å²) in [5.41, 5.74) is 5.12. The van der Waals surface area contributed by atoms with Crippen molar-refractivity contribution in [2.45, 2.75) is 19.9 Å². The number of piperazine rings is 1. The van der Waals surface area contributed by atoms with Gasteiger partial charge >= 0.3 is 0 Å². The van der Waals surface area contributed by atoms with Crippen LogP contribution in [0.3, 0.4) is 0 Å². The summed E-state index contributed by atoms with van der Waals surface area (Å²) in [5, 5.41) is 4.08. The number of amides is 1. The molecule has 0 spiro atoms. The molecule has 0 bridgehead atoms. The number of nitrogens with zero attached hydrogens (tertiary/aromatic N) is 3. The molecule has 1 aliphatic heterocycles. The maximum Gasteiger partial charge on any atom is 0.254 e. The van der Waals surface area contributed by atoms with Gasteiger partial charge in [-0.05, 0) is 55.1 Å². The molecule has 3 aromatic rings. The largest absolute Gasteiger partial charge is 0.365 e. The van der Waals surface area contributed by atoms with Crippen LogP contribution >= 0.6 is 11.3 Å². The van der Waals surface area contributed by atoms with E-state index in [0.717, 1.165) is 30.9 Å². The molecule has 0 N–H and O–H groups in total. The quantitative estimate of drug-likeness (QED) is 0.676. The van der Waals surface area contributed by atoms with Gasteiger partial charge in [-0.25, -0.2) is 0 Å². The highest BCUT2D eigenvalue weighted by Crippen LogP contribution is 2.24. The summed E-state index contributed by atoms with van der Waals surface area (Å²) in [4.78, 5) is 21.8. The van der Waals surface area contributed by atoms with Gasteiger partial charge < -0.3 is 9.80 Å². The first-order valence-electron chi connectivity index (χ1n) is 9.23. The van der Waals surface area contributed by atoms with Crippen LogP contribution in [-0.2, 0) is 0 Å². The van der Waals surface area contributed by atoms with E-state index in [4.69, 9.17) is 0 Å². The van der Waals surface area contributed by atoms with Crippen LogP contribution in [0, 0.1) is 6.92 Å². The fourth-order valence-corrected chi connectivity index (χ4v) is 4.30. The van der Waals surface area contributed by atoms with E-state index in [-0.39, 0.29) is 11.9 Å². The molecular formula is C22H23N3OS.